The number of carbonyl (C=O) groups excluding carboxylic acids is 2. The van der Waals surface area contributed by atoms with E-state index in [4.69, 9.17) is 0 Å². The molecule has 1 aliphatic rings. The number of rotatable bonds is 3. The van der Waals surface area contributed by atoms with Crippen molar-refractivity contribution in [3.05, 3.63) is 29.7 Å². The maximum atomic E-state index is 12.6. The van der Waals surface area contributed by atoms with Crippen molar-refractivity contribution < 1.29 is 9.59 Å². The molecule has 0 bridgehead atoms. The van der Waals surface area contributed by atoms with Crippen LogP contribution in [0.3, 0.4) is 0 Å². The Morgan fingerprint density at radius 2 is 2.11 bits per heavy atom. The summed E-state index contributed by atoms with van der Waals surface area (Å²) in [5.74, 6) is 0.610. The molecule has 3 amide bonds. The third-order valence-corrected chi connectivity index (χ3v) is 4.51. The molecule has 2 atom stereocenters. The van der Waals surface area contributed by atoms with Crippen LogP contribution in [0, 0.1) is 6.92 Å². The Morgan fingerprint density at radius 1 is 1.37 bits per heavy atom. The van der Waals surface area contributed by atoms with Crippen LogP contribution in [-0.2, 0) is 17.4 Å². The molecule has 3 N–H and O–H groups in total. The molecule has 3 rings (SSSR count). The Kier molecular flexibility index (Phi) is 4.95. The van der Waals surface area contributed by atoms with Crippen LogP contribution in [0.4, 0.5) is 10.6 Å². The number of nitrogens with one attached hydrogen (secondary N) is 3. The van der Waals surface area contributed by atoms with E-state index in [2.05, 4.69) is 26.1 Å². The van der Waals surface area contributed by atoms with Crippen LogP contribution in [0.5, 0.6) is 0 Å². The summed E-state index contributed by atoms with van der Waals surface area (Å²) in [4.78, 5) is 24.5. The summed E-state index contributed by atoms with van der Waals surface area (Å²) >= 11 is 0. The van der Waals surface area contributed by atoms with Crippen molar-refractivity contribution >= 4 is 17.8 Å². The second-order valence-corrected chi connectivity index (χ2v) is 7.99. The van der Waals surface area contributed by atoms with Crippen LogP contribution in [0.25, 0.3) is 0 Å². The van der Waals surface area contributed by atoms with Gasteiger partial charge in [0.05, 0.1) is 29.5 Å². The summed E-state index contributed by atoms with van der Waals surface area (Å²) < 4.78 is 3.47. The van der Waals surface area contributed by atoms with Gasteiger partial charge in [-0.3, -0.25) is 14.8 Å². The van der Waals surface area contributed by atoms with E-state index >= 15 is 0 Å². The predicted molar refractivity (Wildman–Crippen MR) is 101 cm³/mol. The van der Waals surface area contributed by atoms with Gasteiger partial charge >= 0.3 is 6.03 Å². The fourth-order valence-corrected chi connectivity index (χ4v) is 3.29. The van der Waals surface area contributed by atoms with Crippen LogP contribution in [0.15, 0.2) is 18.5 Å². The number of nitrogens with zero attached hydrogens (tertiary/aromatic N) is 4. The van der Waals surface area contributed by atoms with Gasteiger partial charge in [0.2, 0.25) is 5.91 Å². The smallest absolute Gasteiger partial charge is 0.320 e. The number of piperidine rings is 1. The van der Waals surface area contributed by atoms with E-state index in [1.807, 2.05) is 47.0 Å². The second-order valence-electron chi connectivity index (χ2n) is 7.99. The molecule has 9 heteroatoms. The SMILES string of the molecule is Cc1cc(NC(=O)N[C@@H]2CCC(=O)N[C@H]2c2cnn(C)c2)n(C(C)(C)C)n1. The molecule has 0 saturated carbocycles. The lowest BCUT2D eigenvalue weighted by atomic mass is 9.94. The third kappa shape index (κ3) is 4.29. The van der Waals surface area contributed by atoms with Crippen LogP contribution in [0.2, 0.25) is 0 Å². The Labute approximate surface area is 158 Å². The zero-order chi connectivity index (χ0) is 19.8. The maximum Gasteiger partial charge on any atom is 0.320 e. The van der Waals surface area contributed by atoms with Gasteiger partial charge in [-0.25, -0.2) is 9.48 Å². The van der Waals surface area contributed by atoms with Gasteiger partial charge in [-0.05, 0) is 34.1 Å². The molecule has 1 fully saturated rings. The molecule has 9 nitrogen and oxygen atoms in total. The van der Waals surface area contributed by atoms with Gasteiger partial charge in [0.25, 0.3) is 0 Å². The molecule has 1 saturated heterocycles. The van der Waals surface area contributed by atoms with E-state index < -0.39 is 0 Å². The van der Waals surface area contributed by atoms with E-state index in [1.54, 1.807) is 15.6 Å². The number of amides is 3. The number of aryl methyl sites for hydroxylation is 2. The lowest BCUT2D eigenvalue weighted by Gasteiger charge is -2.32. The van der Waals surface area contributed by atoms with Gasteiger partial charge in [-0.1, -0.05) is 0 Å². The largest absolute Gasteiger partial charge is 0.347 e. The Hall–Kier alpha value is -2.84. The summed E-state index contributed by atoms with van der Waals surface area (Å²) in [6, 6.07) is 0.987. The highest BCUT2D eigenvalue weighted by Gasteiger charge is 2.32. The van der Waals surface area contributed by atoms with Crippen molar-refractivity contribution in [1.29, 1.82) is 0 Å². The van der Waals surface area contributed by atoms with Gasteiger partial charge in [0, 0.05) is 31.3 Å². The standard InChI is InChI=1S/C18H27N7O2/c1-11-8-14(25(23-11)18(2,3)4)21-17(27)20-13-6-7-15(26)22-16(13)12-9-19-24(5)10-12/h8-10,13,16H,6-7H2,1-5H3,(H,22,26)(H2,20,21,27)/t13-,16+/m1/s1. The molecule has 0 unspecified atom stereocenters. The first-order chi connectivity index (χ1) is 12.6. The van der Waals surface area contributed by atoms with Crippen LogP contribution < -0.4 is 16.0 Å². The first-order valence-electron chi connectivity index (χ1n) is 9.06. The number of carbonyl (C=O) groups is 2. The van der Waals surface area contributed by atoms with E-state index in [9.17, 15) is 9.59 Å². The molecule has 3 heterocycles. The van der Waals surface area contributed by atoms with Gasteiger partial charge in [-0.2, -0.15) is 10.2 Å². The normalized spacial score (nSPS) is 20.3. The summed E-state index contributed by atoms with van der Waals surface area (Å²) in [6.45, 7) is 7.97. The number of aromatic nitrogens is 4. The monoisotopic (exact) mass is 373 g/mol. The number of anilines is 1. The Balaban J connectivity index is 1.74. The lowest BCUT2D eigenvalue weighted by Crippen LogP contribution is -2.51. The average Bonchev–Trinajstić information content (AvgIpc) is 3.14. The minimum absolute atomic E-state index is 0.0243. The molecule has 0 aliphatic carbocycles. The summed E-state index contributed by atoms with van der Waals surface area (Å²) in [5, 5.41) is 17.5. The second kappa shape index (κ2) is 7.05. The molecule has 0 spiro atoms. The number of urea groups is 1. The highest BCUT2D eigenvalue weighted by atomic mass is 16.2. The van der Waals surface area contributed by atoms with E-state index in [0.717, 1.165) is 11.3 Å². The molecule has 0 radical (unpaired) electrons. The number of hydrogen-bond donors (Lipinski definition) is 3. The molecule has 146 valence electrons. The first-order valence-corrected chi connectivity index (χ1v) is 9.06. The minimum atomic E-state index is -0.324. The van der Waals surface area contributed by atoms with Gasteiger partial charge in [0.15, 0.2) is 0 Å². The molecular weight excluding hydrogens is 346 g/mol. The highest BCUT2D eigenvalue weighted by Crippen LogP contribution is 2.25. The van der Waals surface area contributed by atoms with Gasteiger partial charge < -0.3 is 10.6 Å². The van der Waals surface area contributed by atoms with Crippen molar-refractivity contribution in [2.24, 2.45) is 7.05 Å². The summed E-state index contributed by atoms with van der Waals surface area (Å²) in [7, 11) is 1.82. The molecular formula is C18H27N7O2. The topological polar surface area (TPSA) is 106 Å². The minimum Gasteiger partial charge on any atom is -0.347 e. The van der Waals surface area contributed by atoms with Crippen LogP contribution in [-0.4, -0.2) is 37.5 Å². The maximum absolute atomic E-state index is 12.6. The third-order valence-electron chi connectivity index (χ3n) is 4.51. The van der Waals surface area contributed by atoms with Gasteiger partial charge in [0.1, 0.15) is 5.82 Å². The quantitative estimate of drug-likeness (QED) is 0.763. The Bertz CT molecular complexity index is 846. The Morgan fingerprint density at radius 3 is 2.74 bits per heavy atom. The van der Waals surface area contributed by atoms with Crippen molar-refractivity contribution in [3.8, 4) is 0 Å². The molecule has 27 heavy (non-hydrogen) atoms. The zero-order valence-corrected chi connectivity index (χ0v) is 16.4. The molecule has 1 aliphatic heterocycles. The predicted octanol–water partition coefficient (Wildman–Crippen LogP) is 1.82. The summed E-state index contributed by atoms with van der Waals surface area (Å²) in [5.41, 5.74) is 1.44. The fraction of sp³-hybridized carbons (Fsp3) is 0.556. The van der Waals surface area contributed by atoms with Crippen molar-refractivity contribution in [3.63, 3.8) is 0 Å². The van der Waals surface area contributed by atoms with E-state index in [1.165, 1.54) is 0 Å². The number of hydrogen-bond acceptors (Lipinski definition) is 4. The van der Waals surface area contributed by atoms with Crippen molar-refractivity contribution in [2.75, 3.05) is 5.32 Å². The van der Waals surface area contributed by atoms with Gasteiger partial charge in [-0.15, -0.1) is 0 Å². The average molecular weight is 373 g/mol. The highest BCUT2D eigenvalue weighted by molar-refractivity contribution is 5.89. The fourth-order valence-electron chi connectivity index (χ4n) is 3.29. The first kappa shape index (κ1) is 18.9. The van der Waals surface area contributed by atoms with Crippen LogP contribution in [0.1, 0.15) is 50.9 Å². The van der Waals surface area contributed by atoms with Crippen LogP contribution >= 0.6 is 0 Å². The van der Waals surface area contributed by atoms with Crippen molar-refractivity contribution in [2.45, 2.75) is 58.2 Å². The van der Waals surface area contributed by atoms with E-state index in [0.29, 0.717) is 18.7 Å². The molecule has 2 aromatic heterocycles. The summed E-state index contributed by atoms with van der Waals surface area (Å²) in [6.07, 6.45) is 4.50. The molecule has 2 aromatic rings. The zero-order valence-electron chi connectivity index (χ0n) is 16.4. The van der Waals surface area contributed by atoms with Crippen molar-refractivity contribution in [1.82, 2.24) is 30.2 Å². The molecule has 0 aromatic carbocycles. The lowest BCUT2D eigenvalue weighted by molar-refractivity contribution is -0.123. The van der Waals surface area contributed by atoms with E-state index in [-0.39, 0.29) is 29.6 Å².